The molecule has 1 aliphatic rings. The molecule has 194 valence electrons. The average molecular weight is 500 g/mol. The maximum atomic E-state index is 4.57. The van der Waals surface area contributed by atoms with Gasteiger partial charge in [-0.1, -0.05) is 127 Å². The number of allylic oxidation sites excluding steroid dienone is 5. The van der Waals surface area contributed by atoms with Crippen LogP contribution < -0.4 is 4.90 Å². The largest absolute Gasteiger partial charge is 0.344 e. The number of aryl methyl sites for hydroxylation is 1. The molecule has 0 aromatic heterocycles. The van der Waals surface area contributed by atoms with Gasteiger partial charge in [-0.05, 0) is 69.3 Å². The van der Waals surface area contributed by atoms with Crippen LogP contribution >= 0.6 is 0 Å². The lowest BCUT2D eigenvalue weighted by molar-refractivity contribution is 0.627. The SMILES string of the molecule is C=C(/C=C/C=C1/N(CCCC)c2ccc3ccccc3c2C1(C)C)C(C)(C)c1c(C)ccc2ccccc12. The van der Waals surface area contributed by atoms with E-state index in [0.717, 1.165) is 12.1 Å². The van der Waals surface area contributed by atoms with Gasteiger partial charge in [-0.15, -0.1) is 0 Å². The van der Waals surface area contributed by atoms with Crippen LogP contribution in [0.1, 0.15) is 64.2 Å². The highest BCUT2D eigenvalue weighted by molar-refractivity contribution is 5.95. The van der Waals surface area contributed by atoms with Crippen LogP contribution in [0.25, 0.3) is 21.5 Å². The Morgan fingerprint density at radius 1 is 0.895 bits per heavy atom. The highest BCUT2D eigenvalue weighted by atomic mass is 15.2. The Hall–Kier alpha value is -3.58. The molecule has 0 radical (unpaired) electrons. The van der Waals surface area contributed by atoms with Gasteiger partial charge in [0.15, 0.2) is 0 Å². The molecule has 1 heterocycles. The van der Waals surface area contributed by atoms with Crippen molar-refractivity contribution in [2.24, 2.45) is 0 Å². The molecule has 5 rings (SSSR count). The maximum Gasteiger partial charge on any atom is 0.0457 e. The second kappa shape index (κ2) is 9.95. The summed E-state index contributed by atoms with van der Waals surface area (Å²) in [6, 6.07) is 26.6. The first-order valence-electron chi connectivity index (χ1n) is 14.0. The second-order valence-electron chi connectivity index (χ2n) is 11.9. The van der Waals surface area contributed by atoms with Gasteiger partial charge >= 0.3 is 0 Å². The fraction of sp³-hybridized carbons (Fsp3) is 0.297. The van der Waals surface area contributed by atoms with Crippen molar-refractivity contribution in [3.63, 3.8) is 0 Å². The quantitative estimate of drug-likeness (QED) is 0.229. The lowest BCUT2D eigenvalue weighted by atomic mass is 9.74. The average Bonchev–Trinajstić information content (AvgIpc) is 3.12. The normalized spacial score (nSPS) is 16.2. The van der Waals surface area contributed by atoms with Gasteiger partial charge in [0, 0.05) is 28.8 Å². The molecule has 1 heteroatoms. The lowest BCUT2D eigenvalue weighted by Gasteiger charge is -2.30. The van der Waals surface area contributed by atoms with Gasteiger partial charge in [0.05, 0.1) is 0 Å². The van der Waals surface area contributed by atoms with Crippen LogP contribution in [0.15, 0.2) is 109 Å². The Labute approximate surface area is 229 Å². The number of nitrogens with zero attached hydrogens (tertiary/aromatic N) is 1. The fourth-order valence-electron chi connectivity index (χ4n) is 6.43. The molecule has 0 atom stereocenters. The van der Waals surface area contributed by atoms with Gasteiger partial charge in [-0.3, -0.25) is 0 Å². The molecule has 0 spiro atoms. The molecule has 0 bridgehead atoms. The number of benzene rings is 4. The van der Waals surface area contributed by atoms with Crippen LogP contribution in [0.5, 0.6) is 0 Å². The molecule has 0 aliphatic carbocycles. The van der Waals surface area contributed by atoms with Crippen molar-refractivity contribution >= 4 is 27.2 Å². The van der Waals surface area contributed by atoms with E-state index in [1.54, 1.807) is 0 Å². The fourth-order valence-corrected chi connectivity index (χ4v) is 6.43. The molecule has 0 unspecified atom stereocenters. The summed E-state index contributed by atoms with van der Waals surface area (Å²) in [6.07, 6.45) is 9.14. The van der Waals surface area contributed by atoms with Gasteiger partial charge < -0.3 is 4.90 Å². The Kier molecular flexibility index (Phi) is 6.82. The summed E-state index contributed by atoms with van der Waals surface area (Å²) in [7, 11) is 0. The predicted octanol–water partition coefficient (Wildman–Crippen LogP) is 10.2. The summed E-state index contributed by atoms with van der Waals surface area (Å²) in [5.41, 5.74) is 7.68. The smallest absolute Gasteiger partial charge is 0.0457 e. The molecular weight excluding hydrogens is 458 g/mol. The Balaban J connectivity index is 1.53. The van der Waals surface area contributed by atoms with Crippen molar-refractivity contribution in [1.29, 1.82) is 0 Å². The first-order chi connectivity index (χ1) is 18.2. The van der Waals surface area contributed by atoms with Crippen LogP contribution in [0, 0.1) is 6.92 Å². The van der Waals surface area contributed by atoms with E-state index >= 15 is 0 Å². The molecule has 1 nitrogen and oxygen atoms in total. The topological polar surface area (TPSA) is 3.24 Å². The van der Waals surface area contributed by atoms with Crippen molar-refractivity contribution in [1.82, 2.24) is 0 Å². The van der Waals surface area contributed by atoms with Gasteiger partial charge in [0.2, 0.25) is 0 Å². The summed E-state index contributed by atoms with van der Waals surface area (Å²) in [4.78, 5) is 2.55. The van der Waals surface area contributed by atoms with E-state index in [-0.39, 0.29) is 10.8 Å². The van der Waals surface area contributed by atoms with E-state index in [1.165, 1.54) is 62.5 Å². The van der Waals surface area contributed by atoms with Crippen molar-refractivity contribution in [2.45, 2.75) is 65.2 Å². The van der Waals surface area contributed by atoms with E-state index in [1.807, 2.05) is 0 Å². The number of unbranched alkanes of at least 4 members (excludes halogenated alkanes) is 1. The highest BCUT2D eigenvalue weighted by Crippen LogP contribution is 2.51. The zero-order valence-corrected chi connectivity index (χ0v) is 23.9. The highest BCUT2D eigenvalue weighted by Gasteiger charge is 2.40. The minimum Gasteiger partial charge on any atom is -0.344 e. The number of fused-ring (bicyclic) bond motifs is 4. The van der Waals surface area contributed by atoms with Gasteiger partial charge in [-0.25, -0.2) is 0 Å². The molecule has 4 aromatic rings. The lowest BCUT2D eigenvalue weighted by Crippen LogP contribution is -2.27. The molecule has 0 amide bonds. The van der Waals surface area contributed by atoms with Crippen molar-refractivity contribution in [3.05, 3.63) is 126 Å². The van der Waals surface area contributed by atoms with Crippen LogP contribution in [-0.4, -0.2) is 6.54 Å². The Bertz CT molecular complexity index is 1580. The molecule has 38 heavy (non-hydrogen) atoms. The summed E-state index contributed by atoms with van der Waals surface area (Å²) in [6.45, 7) is 19.5. The predicted molar refractivity (Wildman–Crippen MR) is 167 cm³/mol. The van der Waals surface area contributed by atoms with Crippen LogP contribution in [-0.2, 0) is 10.8 Å². The number of rotatable bonds is 7. The van der Waals surface area contributed by atoms with Crippen LogP contribution in [0.2, 0.25) is 0 Å². The molecule has 4 aromatic carbocycles. The molecule has 0 saturated heterocycles. The van der Waals surface area contributed by atoms with Crippen molar-refractivity contribution in [3.8, 4) is 0 Å². The van der Waals surface area contributed by atoms with E-state index < -0.39 is 0 Å². The number of hydrogen-bond acceptors (Lipinski definition) is 1. The van der Waals surface area contributed by atoms with E-state index in [0.29, 0.717) is 0 Å². The van der Waals surface area contributed by atoms with Crippen LogP contribution in [0.4, 0.5) is 5.69 Å². The van der Waals surface area contributed by atoms with Gasteiger partial charge in [0.25, 0.3) is 0 Å². The van der Waals surface area contributed by atoms with Crippen molar-refractivity contribution in [2.75, 3.05) is 11.4 Å². The summed E-state index contributed by atoms with van der Waals surface area (Å²) >= 11 is 0. The van der Waals surface area contributed by atoms with Gasteiger partial charge in [-0.2, -0.15) is 0 Å². The third-order valence-electron chi connectivity index (χ3n) is 8.61. The Morgan fingerprint density at radius 3 is 2.24 bits per heavy atom. The third kappa shape index (κ3) is 4.29. The zero-order chi connectivity index (χ0) is 27.1. The molecule has 1 aliphatic heterocycles. The minimum absolute atomic E-state index is 0.0860. The molecule has 0 N–H and O–H groups in total. The van der Waals surface area contributed by atoms with Gasteiger partial charge in [0.1, 0.15) is 0 Å². The Morgan fingerprint density at radius 2 is 1.53 bits per heavy atom. The monoisotopic (exact) mass is 499 g/mol. The third-order valence-corrected chi connectivity index (χ3v) is 8.61. The first kappa shape index (κ1) is 26.0. The summed E-state index contributed by atoms with van der Waals surface area (Å²) in [5, 5.41) is 5.27. The number of anilines is 1. The molecule has 0 fully saturated rings. The summed E-state index contributed by atoms with van der Waals surface area (Å²) in [5.74, 6) is 0. The van der Waals surface area contributed by atoms with E-state index in [2.05, 4.69) is 144 Å². The standard InChI is InChI=1S/C37H41N/c1-8-9-25-38-32-24-23-29-17-11-13-19-31(29)35(32)37(6,7)33(38)20-14-15-27(3)36(4,5)34-26(2)21-22-28-16-10-12-18-30(28)34/h10-24H,3,8-9,25H2,1-2,4-7H3/b15-14+,33-20+. The summed E-state index contributed by atoms with van der Waals surface area (Å²) < 4.78 is 0. The van der Waals surface area contributed by atoms with E-state index in [4.69, 9.17) is 0 Å². The second-order valence-corrected chi connectivity index (χ2v) is 11.9. The maximum absolute atomic E-state index is 4.57. The van der Waals surface area contributed by atoms with E-state index in [9.17, 15) is 0 Å². The molecule has 0 saturated carbocycles. The first-order valence-corrected chi connectivity index (χ1v) is 14.0. The van der Waals surface area contributed by atoms with Crippen molar-refractivity contribution < 1.29 is 0 Å². The molecular formula is C37H41N. The zero-order valence-electron chi connectivity index (χ0n) is 23.9. The minimum atomic E-state index is -0.188. The van der Waals surface area contributed by atoms with Crippen LogP contribution in [0.3, 0.4) is 0 Å². The number of hydrogen-bond donors (Lipinski definition) is 0.